The molecule has 6 heteroatoms. The Labute approximate surface area is 190 Å². The lowest BCUT2D eigenvalue weighted by atomic mass is 9.88. The molecule has 5 aliphatic rings. The molecule has 1 saturated carbocycles. The summed E-state index contributed by atoms with van der Waals surface area (Å²) in [5, 5.41) is 3.55. The molecule has 6 nitrogen and oxygen atoms in total. The Bertz CT molecular complexity index is 1020. The Hall–Kier alpha value is -2.60. The van der Waals surface area contributed by atoms with Gasteiger partial charge in [0.1, 0.15) is 5.82 Å². The number of anilines is 4. The van der Waals surface area contributed by atoms with E-state index in [0.717, 1.165) is 68.0 Å². The number of piperidine rings is 1. The average molecular weight is 433 g/mol. The van der Waals surface area contributed by atoms with Crippen molar-refractivity contribution in [3.05, 3.63) is 41.6 Å². The Kier molecular flexibility index (Phi) is 5.05. The SMILES string of the molecule is Cc1c(N2CC3CC[C@H]2CO3)ccc2c1N(C(=O)C1CCCCC1)Cc1cccnc1N2. The van der Waals surface area contributed by atoms with Crippen LogP contribution in [0.5, 0.6) is 0 Å². The highest BCUT2D eigenvalue weighted by molar-refractivity contribution is 6.01. The molecular weight excluding hydrogens is 400 g/mol. The van der Waals surface area contributed by atoms with Crippen LogP contribution in [0.2, 0.25) is 0 Å². The third-order valence-electron chi connectivity index (χ3n) is 7.86. The molecule has 4 fully saturated rings. The van der Waals surface area contributed by atoms with Gasteiger partial charge >= 0.3 is 0 Å². The van der Waals surface area contributed by atoms with Gasteiger partial charge < -0.3 is 19.9 Å². The number of morpholine rings is 1. The monoisotopic (exact) mass is 432 g/mol. The first-order valence-electron chi connectivity index (χ1n) is 12.2. The molecule has 0 spiro atoms. The Balaban J connectivity index is 1.44. The summed E-state index contributed by atoms with van der Waals surface area (Å²) in [6.45, 7) is 4.50. The van der Waals surface area contributed by atoms with Gasteiger partial charge in [-0.1, -0.05) is 25.3 Å². The zero-order valence-electron chi connectivity index (χ0n) is 18.8. The maximum absolute atomic E-state index is 13.9. The molecule has 1 unspecified atom stereocenters. The van der Waals surface area contributed by atoms with E-state index in [1.54, 1.807) is 0 Å². The largest absolute Gasteiger partial charge is 0.374 e. The molecule has 7 rings (SSSR count). The summed E-state index contributed by atoms with van der Waals surface area (Å²) in [6.07, 6.45) is 10.0. The molecule has 4 aliphatic heterocycles. The van der Waals surface area contributed by atoms with Gasteiger partial charge in [0.25, 0.3) is 0 Å². The van der Waals surface area contributed by atoms with Gasteiger partial charge in [-0.25, -0.2) is 4.98 Å². The van der Waals surface area contributed by atoms with Crippen LogP contribution >= 0.6 is 0 Å². The third-order valence-corrected chi connectivity index (χ3v) is 7.86. The first kappa shape index (κ1) is 20.0. The van der Waals surface area contributed by atoms with Gasteiger partial charge in [-0.15, -0.1) is 0 Å². The van der Waals surface area contributed by atoms with Gasteiger partial charge in [-0.3, -0.25) is 4.79 Å². The molecule has 168 valence electrons. The van der Waals surface area contributed by atoms with Crippen LogP contribution in [-0.2, 0) is 16.1 Å². The van der Waals surface area contributed by atoms with Gasteiger partial charge in [0.2, 0.25) is 5.91 Å². The van der Waals surface area contributed by atoms with Crippen LogP contribution in [0.4, 0.5) is 22.9 Å². The predicted molar refractivity (Wildman–Crippen MR) is 127 cm³/mol. The lowest BCUT2D eigenvalue weighted by Crippen LogP contribution is -2.54. The van der Waals surface area contributed by atoms with Crippen LogP contribution in [0.15, 0.2) is 30.5 Å². The van der Waals surface area contributed by atoms with E-state index in [4.69, 9.17) is 4.74 Å². The standard InChI is InChI=1S/C26H32N4O2/c1-17-23(29-15-21-10-9-20(29)16-32-21)12-11-22-24(17)30(26(31)18-6-3-2-4-7-18)14-19-8-5-13-27-25(19)28-22/h5,8,11-13,18,20-21H,2-4,6-7,9-10,14-16H2,1H3,(H,27,28)/t20-,21?/m0/s1. The molecule has 1 aromatic heterocycles. The van der Waals surface area contributed by atoms with E-state index in [2.05, 4.69) is 45.2 Å². The smallest absolute Gasteiger partial charge is 0.230 e. The number of ether oxygens (including phenoxy) is 1. The van der Waals surface area contributed by atoms with Crippen molar-refractivity contribution >= 4 is 28.8 Å². The first-order chi connectivity index (χ1) is 15.7. The highest BCUT2D eigenvalue weighted by atomic mass is 16.5. The van der Waals surface area contributed by atoms with Crippen LogP contribution in [0.3, 0.4) is 0 Å². The number of nitrogens with one attached hydrogen (secondary N) is 1. The highest BCUT2D eigenvalue weighted by Crippen LogP contribution is 2.44. The number of amides is 1. The molecule has 2 bridgehead atoms. The van der Waals surface area contributed by atoms with Gasteiger partial charge in [0.15, 0.2) is 0 Å². The fraction of sp³-hybridized carbons (Fsp3) is 0.538. The van der Waals surface area contributed by atoms with Crippen LogP contribution in [0.25, 0.3) is 0 Å². The quantitative estimate of drug-likeness (QED) is 0.729. The van der Waals surface area contributed by atoms with Crippen molar-refractivity contribution in [3.63, 3.8) is 0 Å². The number of hydrogen-bond donors (Lipinski definition) is 1. The molecule has 1 aliphatic carbocycles. The third kappa shape index (κ3) is 3.36. The van der Waals surface area contributed by atoms with Crippen molar-refractivity contribution in [1.29, 1.82) is 0 Å². The number of rotatable bonds is 2. The van der Waals surface area contributed by atoms with Crippen molar-refractivity contribution in [1.82, 2.24) is 4.98 Å². The normalized spacial score (nSPS) is 25.0. The first-order valence-corrected chi connectivity index (χ1v) is 12.2. The number of nitrogens with zero attached hydrogens (tertiary/aromatic N) is 3. The summed E-state index contributed by atoms with van der Waals surface area (Å²) < 4.78 is 5.96. The minimum atomic E-state index is 0.122. The molecule has 1 aromatic carbocycles. The van der Waals surface area contributed by atoms with Gasteiger partial charge in [0, 0.05) is 29.9 Å². The maximum Gasteiger partial charge on any atom is 0.230 e. The van der Waals surface area contributed by atoms with E-state index in [0.29, 0.717) is 18.7 Å². The van der Waals surface area contributed by atoms with Crippen molar-refractivity contribution in [2.24, 2.45) is 5.92 Å². The number of pyridine rings is 1. The number of fused-ring (bicyclic) bond motifs is 5. The molecule has 2 atom stereocenters. The van der Waals surface area contributed by atoms with E-state index >= 15 is 0 Å². The van der Waals surface area contributed by atoms with Gasteiger partial charge in [-0.2, -0.15) is 0 Å². The summed E-state index contributed by atoms with van der Waals surface area (Å²) in [6, 6.07) is 8.84. The van der Waals surface area contributed by atoms with E-state index in [-0.39, 0.29) is 11.8 Å². The molecule has 1 amide bonds. The summed E-state index contributed by atoms with van der Waals surface area (Å²) >= 11 is 0. The second kappa shape index (κ2) is 8.07. The molecule has 3 saturated heterocycles. The van der Waals surface area contributed by atoms with Crippen LogP contribution in [-0.4, -0.2) is 36.2 Å². The Morgan fingerprint density at radius 3 is 2.75 bits per heavy atom. The fourth-order valence-electron chi connectivity index (χ4n) is 6.11. The molecule has 32 heavy (non-hydrogen) atoms. The Morgan fingerprint density at radius 1 is 1.12 bits per heavy atom. The summed E-state index contributed by atoms with van der Waals surface area (Å²) in [5.41, 5.74) is 5.49. The number of aromatic nitrogens is 1. The van der Waals surface area contributed by atoms with Crippen LogP contribution in [0.1, 0.15) is 56.1 Å². The van der Waals surface area contributed by atoms with Crippen molar-refractivity contribution in [2.45, 2.75) is 70.6 Å². The molecule has 5 heterocycles. The van der Waals surface area contributed by atoms with Crippen LogP contribution < -0.4 is 15.1 Å². The maximum atomic E-state index is 13.9. The van der Waals surface area contributed by atoms with Gasteiger partial charge in [0.05, 0.1) is 36.7 Å². The summed E-state index contributed by atoms with van der Waals surface area (Å²) in [7, 11) is 0. The Morgan fingerprint density at radius 2 is 2.00 bits per heavy atom. The van der Waals surface area contributed by atoms with Gasteiger partial charge in [-0.05, 0) is 56.4 Å². The molecular formula is C26H32N4O2. The number of carbonyl (C=O) groups is 1. The number of hydrogen-bond acceptors (Lipinski definition) is 5. The van der Waals surface area contributed by atoms with Crippen molar-refractivity contribution in [3.8, 4) is 0 Å². The number of benzene rings is 1. The van der Waals surface area contributed by atoms with E-state index in [1.165, 1.54) is 24.1 Å². The lowest BCUT2D eigenvalue weighted by Gasteiger charge is -2.47. The van der Waals surface area contributed by atoms with Crippen molar-refractivity contribution < 1.29 is 9.53 Å². The predicted octanol–water partition coefficient (Wildman–Crippen LogP) is 4.93. The minimum absolute atomic E-state index is 0.122. The van der Waals surface area contributed by atoms with Crippen LogP contribution in [0, 0.1) is 12.8 Å². The van der Waals surface area contributed by atoms with E-state index in [1.807, 2.05) is 12.3 Å². The van der Waals surface area contributed by atoms with E-state index < -0.39 is 0 Å². The summed E-state index contributed by atoms with van der Waals surface area (Å²) in [5.74, 6) is 1.25. The van der Waals surface area contributed by atoms with E-state index in [9.17, 15) is 4.79 Å². The highest BCUT2D eigenvalue weighted by Gasteiger charge is 2.37. The zero-order valence-corrected chi connectivity index (χ0v) is 18.8. The second-order valence-corrected chi connectivity index (χ2v) is 9.84. The molecule has 0 radical (unpaired) electrons. The average Bonchev–Trinajstić information content (AvgIpc) is 3.02. The zero-order chi connectivity index (χ0) is 21.7. The number of carbonyl (C=O) groups excluding carboxylic acids is 1. The lowest BCUT2D eigenvalue weighted by molar-refractivity contribution is -0.123. The molecule has 2 aromatic rings. The molecule has 1 N–H and O–H groups in total. The summed E-state index contributed by atoms with van der Waals surface area (Å²) in [4.78, 5) is 23.1. The second-order valence-electron chi connectivity index (χ2n) is 9.84. The fourth-order valence-corrected chi connectivity index (χ4v) is 6.11. The minimum Gasteiger partial charge on any atom is -0.374 e. The van der Waals surface area contributed by atoms with Crippen molar-refractivity contribution in [2.75, 3.05) is 28.3 Å². The topological polar surface area (TPSA) is 57.7 Å².